The van der Waals surface area contributed by atoms with Gasteiger partial charge in [-0.2, -0.15) is 0 Å². The first-order chi connectivity index (χ1) is 18.8. The number of nitro groups is 1. The number of carbonyl (C=O) groups excluding carboxylic acids is 3. The van der Waals surface area contributed by atoms with Gasteiger partial charge in [-0.1, -0.05) is 60.1 Å². The molecule has 0 bridgehead atoms. The number of carbonyl (C=O) groups is 3. The quantitative estimate of drug-likeness (QED) is 0.178. The van der Waals surface area contributed by atoms with Crippen molar-refractivity contribution in [1.29, 1.82) is 0 Å². The Morgan fingerprint density at radius 2 is 1.62 bits per heavy atom. The van der Waals surface area contributed by atoms with Crippen LogP contribution in [0.2, 0.25) is 5.02 Å². The Morgan fingerprint density at radius 3 is 2.23 bits per heavy atom. The fourth-order valence-electron chi connectivity index (χ4n) is 5.36. The van der Waals surface area contributed by atoms with Crippen LogP contribution < -0.4 is 5.73 Å². The molecule has 1 aliphatic heterocycles. The summed E-state index contributed by atoms with van der Waals surface area (Å²) in [7, 11) is 0. The third-order valence-electron chi connectivity index (χ3n) is 6.96. The van der Waals surface area contributed by atoms with E-state index in [-0.39, 0.29) is 11.5 Å². The Kier molecular flexibility index (Phi) is 7.28. The van der Waals surface area contributed by atoms with Gasteiger partial charge in [-0.25, -0.2) is 0 Å². The number of non-ortho nitro benzene ring substituents is 1. The van der Waals surface area contributed by atoms with Crippen LogP contribution in [0.15, 0.2) is 96.4 Å². The van der Waals surface area contributed by atoms with Crippen LogP contribution >= 0.6 is 22.9 Å². The molecule has 1 fully saturated rings. The molecule has 2 N–H and O–H groups in total. The van der Waals surface area contributed by atoms with Gasteiger partial charge in [-0.05, 0) is 46.8 Å². The summed E-state index contributed by atoms with van der Waals surface area (Å²) in [5, 5.41) is 13.9. The molecule has 2 amide bonds. The summed E-state index contributed by atoms with van der Waals surface area (Å²) < 4.78 is 0. The van der Waals surface area contributed by atoms with Gasteiger partial charge in [-0.3, -0.25) is 24.5 Å². The molecule has 5 rings (SSSR count). The maximum Gasteiger partial charge on any atom is 0.269 e. The maximum absolute atomic E-state index is 14.2. The van der Waals surface area contributed by atoms with E-state index >= 15 is 0 Å². The van der Waals surface area contributed by atoms with Gasteiger partial charge in [-0.15, -0.1) is 11.3 Å². The van der Waals surface area contributed by atoms with Crippen molar-refractivity contribution in [2.75, 3.05) is 0 Å². The normalized spacial score (nSPS) is 20.5. The number of nitrogens with zero attached hydrogens (tertiary/aromatic N) is 2. The number of thiophene rings is 1. The first-order valence-corrected chi connectivity index (χ1v) is 13.3. The SMILES string of the molecule is NC(=O)C1C(c2ccc(Cl)cc2)C(C(=O)c2cccs2)C(c2cccc([N+](=O)[O-])c2)N1C(=O)c1ccccc1. The predicted molar refractivity (Wildman–Crippen MR) is 148 cm³/mol. The second-order valence-corrected chi connectivity index (χ2v) is 10.6. The Hall–Kier alpha value is -4.34. The van der Waals surface area contributed by atoms with E-state index in [0.717, 1.165) is 0 Å². The van der Waals surface area contributed by atoms with Crippen molar-refractivity contribution < 1.29 is 19.3 Å². The fourth-order valence-corrected chi connectivity index (χ4v) is 6.20. The highest BCUT2D eigenvalue weighted by molar-refractivity contribution is 7.12. The molecule has 3 aromatic carbocycles. The van der Waals surface area contributed by atoms with Crippen molar-refractivity contribution in [3.8, 4) is 0 Å². The minimum atomic E-state index is -1.22. The summed E-state index contributed by atoms with van der Waals surface area (Å²) in [6.45, 7) is 0. The average Bonchev–Trinajstić information content (AvgIpc) is 3.60. The summed E-state index contributed by atoms with van der Waals surface area (Å²) in [6, 6.07) is 22.0. The lowest BCUT2D eigenvalue weighted by Gasteiger charge is -2.30. The first kappa shape index (κ1) is 26.3. The molecule has 39 heavy (non-hydrogen) atoms. The number of rotatable bonds is 7. The van der Waals surface area contributed by atoms with Gasteiger partial charge >= 0.3 is 0 Å². The van der Waals surface area contributed by atoms with Crippen LogP contribution in [0, 0.1) is 16.0 Å². The number of likely N-dealkylation sites (tertiary alicyclic amines) is 1. The van der Waals surface area contributed by atoms with E-state index in [4.69, 9.17) is 17.3 Å². The Morgan fingerprint density at radius 1 is 0.897 bits per heavy atom. The Balaban J connectivity index is 1.79. The number of hydrogen-bond donors (Lipinski definition) is 1. The highest BCUT2D eigenvalue weighted by Crippen LogP contribution is 2.52. The molecule has 4 aromatic rings. The molecule has 1 saturated heterocycles. The summed E-state index contributed by atoms with van der Waals surface area (Å²) in [6.07, 6.45) is 0. The molecule has 2 heterocycles. The smallest absolute Gasteiger partial charge is 0.269 e. The van der Waals surface area contributed by atoms with Crippen LogP contribution in [0.3, 0.4) is 0 Å². The lowest BCUT2D eigenvalue weighted by Crippen LogP contribution is -2.46. The second-order valence-electron chi connectivity index (χ2n) is 9.17. The Labute approximate surface area is 232 Å². The van der Waals surface area contributed by atoms with Crippen molar-refractivity contribution in [2.45, 2.75) is 18.0 Å². The zero-order chi connectivity index (χ0) is 27.7. The summed E-state index contributed by atoms with van der Waals surface area (Å²) in [5.41, 5.74) is 7.02. The number of benzene rings is 3. The topological polar surface area (TPSA) is 124 Å². The number of nitrogens with two attached hydrogens (primary N) is 1. The second kappa shape index (κ2) is 10.8. The van der Waals surface area contributed by atoms with E-state index in [9.17, 15) is 24.5 Å². The molecule has 0 aliphatic carbocycles. The van der Waals surface area contributed by atoms with Gasteiger partial charge in [0.15, 0.2) is 5.78 Å². The van der Waals surface area contributed by atoms with Crippen LogP contribution in [-0.2, 0) is 4.79 Å². The molecule has 10 heteroatoms. The first-order valence-electron chi connectivity index (χ1n) is 12.0. The predicted octanol–water partition coefficient (Wildman–Crippen LogP) is 5.64. The van der Waals surface area contributed by atoms with E-state index in [1.54, 1.807) is 78.2 Å². The van der Waals surface area contributed by atoms with E-state index in [0.29, 0.717) is 26.6 Å². The molecule has 0 spiro atoms. The number of nitro benzene ring substituents is 1. The summed E-state index contributed by atoms with van der Waals surface area (Å²) in [4.78, 5) is 54.4. The van der Waals surface area contributed by atoms with Gasteiger partial charge in [0.1, 0.15) is 6.04 Å². The minimum Gasteiger partial charge on any atom is -0.368 e. The van der Waals surface area contributed by atoms with E-state index in [1.807, 2.05) is 0 Å². The largest absolute Gasteiger partial charge is 0.368 e. The lowest BCUT2D eigenvalue weighted by atomic mass is 9.77. The summed E-state index contributed by atoms with van der Waals surface area (Å²) >= 11 is 7.38. The molecule has 4 atom stereocenters. The fraction of sp³-hybridized carbons (Fsp3) is 0.138. The minimum absolute atomic E-state index is 0.201. The van der Waals surface area contributed by atoms with E-state index < -0.39 is 40.7 Å². The molecule has 1 aliphatic rings. The number of primary amides is 1. The molecule has 8 nitrogen and oxygen atoms in total. The molecular formula is C29H22ClN3O5S. The monoisotopic (exact) mass is 559 g/mol. The summed E-state index contributed by atoms with van der Waals surface area (Å²) in [5.74, 6) is -3.42. The standard InChI is InChI=1S/C29H22ClN3O5S/c30-20-13-11-17(12-14-20)23-24(27(34)22-10-5-15-39-22)25(19-8-4-9-21(16-19)33(37)38)32(26(23)28(31)35)29(36)18-6-2-1-3-7-18/h1-16,23-26H,(H2,31,35). The average molecular weight is 560 g/mol. The van der Waals surface area contributed by atoms with Crippen molar-refractivity contribution in [3.63, 3.8) is 0 Å². The molecule has 0 saturated carbocycles. The highest BCUT2D eigenvalue weighted by atomic mass is 35.5. The van der Waals surface area contributed by atoms with Crippen molar-refractivity contribution in [1.82, 2.24) is 4.90 Å². The van der Waals surface area contributed by atoms with Crippen LogP contribution in [-0.4, -0.2) is 33.5 Å². The van der Waals surface area contributed by atoms with E-state index in [2.05, 4.69) is 0 Å². The molecule has 1 aromatic heterocycles. The highest BCUT2D eigenvalue weighted by Gasteiger charge is 2.57. The number of ketones is 1. The van der Waals surface area contributed by atoms with Crippen LogP contribution in [0.25, 0.3) is 0 Å². The number of Topliss-reactive ketones (excluding diaryl/α,β-unsaturated/α-hetero) is 1. The van der Waals surface area contributed by atoms with Gasteiger partial charge in [0.05, 0.1) is 21.8 Å². The molecule has 4 unspecified atom stereocenters. The van der Waals surface area contributed by atoms with Crippen LogP contribution in [0.5, 0.6) is 0 Å². The number of halogens is 1. The third kappa shape index (κ3) is 4.94. The van der Waals surface area contributed by atoms with Crippen LogP contribution in [0.1, 0.15) is 43.1 Å². The molecule has 0 radical (unpaired) electrons. The molecular weight excluding hydrogens is 538 g/mol. The van der Waals surface area contributed by atoms with Gasteiger partial charge in [0.25, 0.3) is 11.6 Å². The molecule has 196 valence electrons. The van der Waals surface area contributed by atoms with Gasteiger partial charge in [0, 0.05) is 28.6 Å². The zero-order valence-corrected chi connectivity index (χ0v) is 21.9. The van der Waals surface area contributed by atoms with Gasteiger partial charge < -0.3 is 10.6 Å². The lowest BCUT2D eigenvalue weighted by molar-refractivity contribution is -0.385. The Bertz CT molecular complexity index is 1540. The van der Waals surface area contributed by atoms with Crippen molar-refractivity contribution >= 4 is 46.2 Å². The number of amides is 2. The number of hydrogen-bond acceptors (Lipinski definition) is 6. The van der Waals surface area contributed by atoms with Crippen molar-refractivity contribution in [2.24, 2.45) is 11.7 Å². The van der Waals surface area contributed by atoms with Crippen LogP contribution in [0.4, 0.5) is 5.69 Å². The maximum atomic E-state index is 14.2. The zero-order valence-electron chi connectivity index (χ0n) is 20.3. The van der Waals surface area contributed by atoms with Crippen molar-refractivity contribution in [3.05, 3.63) is 133 Å². The third-order valence-corrected chi connectivity index (χ3v) is 8.09. The van der Waals surface area contributed by atoms with E-state index in [1.165, 1.54) is 34.4 Å². The van der Waals surface area contributed by atoms with Gasteiger partial charge in [0.2, 0.25) is 5.91 Å².